The van der Waals surface area contributed by atoms with Gasteiger partial charge in [-0.3, -0.25) is 0 Å². The molecule has 17 heavy (non-hydrogen) atoms. The third kappa shape index (κ3) is 3.85. The minimum atomic E-state index is 0.751. The maximum Gasteiger partial charge on any atom is 0.00983 e. The fraction of sp³-hybridized carbons (Fsp3) is 0.625. The number of benzene rings is 1. The number of nitrogens with one attached hydrogen (secondary N) is 1. The van der Waals surface area contributed by atoms with Gasteiger partial charge in [0.1, 0.15) is 0 Å². The van der Waals surface area contributed by atoms with Gasteiger partial charge in [-0.2, -0.15) is 0 Å². The lowest BCUT2D eigenvalue weighted by Gasteiger charge is -2.17. The van der Waals surface area contributed by atoms with Crippen LogP contribution in [0.4, 0.5) is 0 Å². The summed E-state index contributed by atoms with van der Waals surface area (Å²) in [5, 5.41) is 3.64. The fourth-order valence-corrected chi connectivity index (χ4v) is 2.80. The lowest BCUT2D eigenvalue weighted by Crippen LogP contribution is -2.31. The quantitative estimate of drug-likeness (QED) is 0.788. The molecule has 1 aliphatic carbocycles. The Morgan fingerprint density at radius 1 is 1.18 bits per heavy atom. The summed E-state index contributed by atoms with van der Waals surface area (Å²) in [7, 11) is 0. The van der Waals surface area contributed by atoms with Crippen molar-refractivity contribution in [1.82, 2.24) is 5.32 Å². The predicted molar refractivity (Wildman–Crippen MR) is 74.4 cm³/mol. The van der Waals surface area contributed by atoms with E-state index in [1.165, 1.54) is 42.4 Å². The number of hydrogen-bond donors (Lipinski definition) is 1. The molecule has 1 atom stereocenters. The highest BCUT2D eigenvalue weighted by Gasteiger charge is 2.29. The molecule has 0 spiro atoms. The third-order valence-electron chi connectivity index (χ3n) is 3.68. The zero-order valence-corrected chi connectivity index (χ0v) is 11.4. The minimum absolute atomic E-state index is 0.751. The Bertz CT molecular complexity index is 346. The molecule has 1 aromatic rings. The van der Waals surface area contributed by atoms with E-state index in [2.05, 4.69) is 44.3 Å². The zero-order valence-electron chi connectivity index (χ0n) is 11.4. The van der Waals surface area contributed by atoms with Crippen LogP contribution in [0.15, 0.2) is 18.2 Å². The van der Waals surface area contributed by atoms with Gasteiger partial charge in [0, 0.05) is 6.04 Å². The van der Waals surface area contributed by atoms with Crippen LogP contribution in [0.5, 0.6) is 0 Å². The molecule has 0 bridgehead atoms. The number of hydrogen-bond acceptors (Lipinski definition) is 1. The van der Waals surface area contributed by atoms with Crippen LogP contribution < -0.4 is 5.32 Å². The van der Waals surface area contributed by atoms with Gasteiger partial charge < -0.3 is 5.32 Å². The molecule has 1 N–H and O–H groups in total. The Labute approximate surface area is 106 Å². The summed E-state index contributed by atoms with van der Waals surface area (Å²) in [5.74, 6) is 0.959. The fourth-order valence-electron chi connectivity index (χ4n) is 2.80. The van der Waals surface area contributed by atoms with Crippen molar-refractivity contribution in [3.63, 3.8) is 0 Å². The maximum absolute atomic E-state index is 3.64. The van der Waals surface area contributed by atoms with Crippen molar-refractivity contribution in [3.05, 3.63) is 34.9 Å². The average Bonchev–Trinajstić information content (AvgIpc) is 3.06. The van der Waals surface area contributed by atoms with Gasteiger partial charge in [0.2, 0.25) is 0 Å². The molecule has 0 amide bonds. The second-order valence-corrected chi connectivity index (χ2v) is 5.54. The van der Waals surface area contributed by atoms with Crippen LogP contribution in [0, 0.1) is 19.8 Å². The molecule has 1 fully saturated rings. The molecule has 0 saturated heterocycles. The van der Waals surface area contributed by atoms with E-state index in [0.29, 0.717) is 0 Å². The molecule has 94 valence electrons. The van der Waals surface area contributed by atoms with E-state index >= 15 is 0 Å². The molecule has 1 aliphatic rings. The standard InChI is InChI=1S/C16H25N/c1-4-17-16(15-6-7-15)8-5-14-10-12(2)9-13(3)11-14/h9-11,15-17H,4-8H2,1-3H3. The summed E-state index contributed by atoms with van der Waals surface area (Å²) in [6.07, 6.45) is 5.38. The van der Waals surface area contributed by atoms with Gasteiger partial charge in [0.15, 0.2) is 0 Å². The molecule has 0 aliphatic heterocycles. The normalized spacial score (nSPS) is 17.1. The highest BCUT2D eigenvalue weighted by Crippen LogP contribution is 2.34. The van der Waals surface area contributed by atoms with Crippen LogP contribution in [0.1, 0.15) is 42.9 Å². The van der Waals surface area contributed by atoms with Gasteiger partial charge in [-0.15, -0.1) is 0 Å². The summed E-state index contributed by atoms with van der Waals surface area (Å²) in [6, 6.07) is 7.68. The van der Waals surface area contributed by atoms with Crippen LogP contribution >= 0.6 is 0 Å². The molecule has 0 heterocycles. The molecule has 1 unspecified atom stereocenters. The Morgan fingerprint density at radius 3 is 2.35 bits per heavy atom. The van der Waals surface area contributed by atoms with Gasteiger partial charge in [-0.05, 0) is 57.6 Å². The Hall–Kier alpha value is -0.820. The Morgan fingerprint density at radius 2 is 1.82 bits per heavy atom. The summed E-state index contributed by atoms with van der Waals surface area (Å²) >= 11 is 0. The van der Waals surface area contributed by atoms with E-state index in [0.717, 1.165) is 18.5 Å². The van der Waals surface area contributed by atoms with Crippen LogP contribution in [0.2, 0.25) is 0 Å². The van der Waals surface area contributed by atoms with Crippen molar-refractivity contribution < 1.29 is 0 Å². The van der Waals surface area contributed by atoms with Crippen LogP contribution in [0.25, 0.3) is 0 Å². The van der Waals surface area contributed by atoms with Crippen molar-refractivity contribution >= 4 is 0 Å². The van der Waals surface area contributed by atoms with E-state index in [4.69, 9.17) is 0 Å². The highest BCUT2D eigenvalue weighted by molar-refractivity contribution is 5.28. The number of rotatable bonds is 6. The second kappa shape index (κ2) is 5.68. The second-order valence-electron chi connectivity index (χ2n) is 5.54. The summed E-state index contributed by atoms with van der Waals surface area (Å²) in [6.45, 7) is 7.71. The lowest BCUT2D eigenvalue weighted by atomic mass is 9.99. The third-order valence-corrected chi connectivity index (χ3v) is 3.68. The zero-order chi connectivity index (χ0) is 12.3. The van der Waals surface area contributed by atoms with Gasteiger partial charge in [-0.1, -0.05) is 36.2 Å². The van der Waals surface area contributed by atoms with E-state index in [1.54, 1.807) is 0 Å². The first kappa shape index (κ1) is 12.6. The van der Waals surface area contributed by atoms with Crippen molar-refractivity contribution in [2.24, 2.45) is 5.92 Å². The minimum Gasteiger partial charge on any atom is -0.314 e. The van der Waals surface area contributed by atoms with Crippen LogP contribution in [0.3, 0.4) is 0 Å². The van der Waals surface area contributed by atoms with E-state index in [1.807, 2.05) is 0 Å². The van der Waals surface area contributed by atoms with Crippen molar-refractivity contribution in [2.75, 3.05) is 6.54 Å². The predicted octanol–water partition coefficient (Wildman–Crippen LogP) is 3.62. The summed E-state index contributed by atoms with van der Waals surface area (Å²) in [4.78, 5) is 0. The molecule has 2 rings (SSSR count). The van der Waals surface area contributed by atoms with E-state index in [9.17, 15) is 0 Å². The molecule has 1 saturated carbocycles. The topological polar surface area (TPSA) is 12.0 Å². The molecular weight excluding hydrogens is 206 g/mol. The Balaban J connectivity index is 1.91. The van der Waals surface area contributed by atoms with E-state index < -0.39 is 0 Å². The van der Waals surface area contributed by atoms with Gasteiger partial charge in [0.25, 0.3) is 0 Å². The van der Waals surface area contributed by atoms with Crippen LogP contribution in [-0.4, -0.2) is 12.6 Å². The first-order chi connectivity index (χ1) is 8.19. The van der Waals surface area contributed by atoms with Gasteiger partial charge in [0.05, 0.1) is 0 Å². The maximum atomic E-state index is 3.64. The summed E-state index contributed by atoms with van der Waals surface area (Å²) in [5.41, 5.74) is 4.30. The molecule has 0 aromatic heterocycles. The largest absolute Gasteiger partial charge is 0.314 e. The monoisotopic (exact) mass is 231 g/mol. The van der Waals surface area contributed by atoms with Gasteiger partial charge in [-0.25, -0.2) is 0 Å². The first-order valence-corrected chi connectivity index (χ1v) is 6.99. The molecule has 0 radical (unpaired) electrons. The number of aryl methyl sites for hydroxylation is 3. The summed E-state index contributed by atoms with van der Waals surface area (Å²) < 4.78 is 0. The molecule has 1 aromatic carbocycles. The molecule has 1 heteroatoms. The SMILES string of the molecule is CCNC(CCc1cc(C)cc(C)c1)C1CC1. The molecule has 1 nitrogen and oxygen atoms in total. The van der Waals surface area contributed by atoms with E-state index in [-0.39, 0.29) is 0 Å². The average molecular weight is 231 g/mol. The smallest absolute Gasteiger partial charge is 0.00983 e. The highest BCUT2D eigenvalue weighted by atomic mass is 14.9. The Kier molecular flexibility index (Phi) is 4.22. The van der Waals surface area contributed by atoms with Crippen molar-refractivity contribution in [1.29, 1.82) is 0 Å². The molecular formula is C16H25N. The lowest BCUT2D eigenvalue weighted by molar-refractivity contribution is 0.446. The van der Waals surface area contributed by atoms with Crippen molar-refractivity contribution in [3.8, 4) is 0 Å². The van der Waals surface area contributed by atoms with Gasteiger partial charge >= 0.3 is 0 Å². The van der Waals surface area contributed by atoms with Crippen LogP contribution in [-0.2, 0) is 6.42 Å². The van der Waals surface area contributed by atoms with Crippen molar-refractivity contribution in [2.45, 2.75) is 52.5 Å². The first-order valence-electron chi connectivity index (χ1n) is 6.99.